The number of pyridine rings is 1. The van der Waals surface area contributed by atoms with Crippen molar-refractivity contribution in [2.45, 2.75) is 6.92 Å². The van der Waals surface area contributed by atoms with E-state index in [9.17, 15) is 9.59 Å². The molecule has 3 rings (SSSR count). The third-order valence-corrected chi connectivity index (χ3v) is 4.41. The van der Waals surface area contributed by atoms with E-state index >= 15 is 0 Å². The van der Waals surface area contributed by atoms with Crippen LogP contribution in [0.3, 0.4) is 0 Å². The van der Waals surface area contributed by atoms with Gasteiger partial charge in [0.1, 0.15) is 5.75 Å². The van der Waals surface area contributed by atoms with Gasteiger partial charge in [0.25, 0.3) is 5.91 Å². The predicted molar refractivity (Wildman–Crippen MR) is 107 cm³/mol. The summed E-state index contributed by atoms with van der Waals surface area (Å²) in [6.45, 7) is 1.97. The Morgan fingerprint density at radius 3 is 2.26 bits per heavy atom. The van der Waals surface area contributed by atoms with Gasteiger partial charge in [-0.05, 0) is 65.3 Å². The van der Waals surface area contributed by atoms with Crippen LogP contribution in [0.25, 0.3) is 0 Å². The highest BCUT2D eigenvalue weighted by atomic mass is 79.9. The Morgan fingerprint density at radius 1 is 0.963 bits per heavy atom. The van der Waals surface area contributed by atoms with Gasteiger partial charge in [-0.3, -0.25) is 9.78 Å². The van der Waals surface area contributed by atoms with Gasteiger partial charge in [0, 0.05) is 35.2 Å². The van der Waals surface area contributed by atoms with Crippen molar-refractivity contribution in [1.29, 1.82) is 0 Å². The number of amides is 1. The highest BCUT2D eigenvalue weighted by molar-refractivity contribution is 9.10. The van der Waals surface area contributed by atoms with Gasteiger partial charge in [-0.2, -0.15) is 0 Å². The first-order valence-corrected chi connectivity index (χ1v) is 9.01. The lowest BCUT2D eigenvalue weighted by molar-refractivity contribution is 0.0734. The number of hydrogen-bond donors (Lipinski definition) is 0. The van der Waals surface area contributed by atoms with Gasteiger partial charge in [-0.1, -0.05) is 17.7 Å². The molecule has 3 aromatic rings. The lowest BCUT2D eigenvalue weighted by atomic mass is 10.1. The maximum absolute atomic E-state index is 12.6. The average Bonchev–Trinajstić information content (AvgIpc) is 2.68. The highest BCUT2D eigenvalue weighted by Crippen LogP contribution is 2.21. The van der Waals surface area contributed by atoms with Crippen LogP contribution in [0.1, 0.15) is 26.3 Å². The van der Waals surface area contributed by atoms with E-state index in [1.807, 2.05) is 19.1 Å². The Morgan fingerprint density at radius 2 is 1.63 bits per heavy atom. The van der Waals surface area contributed by atoms with Crippen molar-refractivity contribution in [3.8, 4) is 5.75 Å². The minimum Gasteiger partial charge on any atom is -0.423 e. The standard InChI is InChI=1S/C21H17BrN2O3/c1-14-3-5-15(6-4-14)20(25)24(2)18-7-9-19(10-8-18)27-21(26)16-11-17(22)13-23-12-16/h3-13H,1-2H3. The fraction of sp³-hybridized carbons (Fsp3) is 0.0952. The Labute approximate surface area is 165 Å². The van der Waals surface area contributed by atoms with E-state index in [4.69, 9.17) is 4.74 Å². The number of anilines is 1. The number of nitrogens with zero attached hydrogens (tertiary/aromatic N) is 2. The maximum Gasteiger partial charge on any atom is 0.345 e. The summed E-state index contributed by atoms with van der Waals surface area (Å²) in [6, 6.07) is 15.8. The second kappa shape index (κ2) is 8.14. The number of carbonyl (C=O) groups is 2. The largest absolute Gasteiger partial charge is 0.423 e. The second-order valence-electron chi connectivity index (χ2n) is 6.01. The zero-order chi connectivity index (χ0) is 19.4. The summed E-state index contributed by atoms with van der Waals surface area (Å²) in [5.74, 6) is -0.222. The molecule has 0 atom stereocenters. The zero-order valence-corrected chi connectivity index (χ0v) is 16.4. The first-order chi connectivity index (χ1) is 12.9. The van der Waals surface area contributed by atoms with Crippen LogP contribution in [0.2, 0.25) is 0 Å². The van der Waals surface area contributed by atoms with Gasteiger partial charge in [-0.15, -0.1) is 0 Å². The lowest BCUT2D eigenvalue weighted by Gasteiger charge is -2.18. The van der Waals surface area contributed by atoms with Crippen LogP contribution in [-0.4, -0.2) is 23.9 Å². The number of halogens is 1. The Bertz CT molecular complexity index is 969. The van der Waals surface area contributed by atoms with E-state index in [1.54, 1.807) is 60.6 Å². The van der Waals surface area contributed by atoms with Gasteiger partial charge in [-0.25, -0.2) is 4.79 Å². The predicted octanol–water partition coefficient (Wildman–Crippen LogP) is 4.65. The molecule has 0 unspecified atom stereocenters. The molecule has 0 aliphatic rings. The topological polar surface area (TPSA) is 59.5 Å². The third kappa shape index (κ3) is 4.60. The molecule has 0 aliphatic carbocycles. The molecule has 0 saturated carbocycles. The molecule has 0 saturated heterocycles. The van der Waals surface area contributed by atoms with E-state index < -0.39 is 5.97 Å². The summed E-state index contributed by atoms with van der Waals surface area (Å²) in [6.07, 6.45) is 3.03. The van der Waals surface area contributed by atoms with Crippen LogP contribution >= 0.6 is 15.9 Å². The maximum atomic E-state index is 12.6. The number of hydrogen-bond acceptors (Lipinski definition) is 4. The number of benzene rings is 2. The number of ether oxygens (including phenoxy) is 1. The van der Waals surface area contributed by atoms with Crippen LogP contribution in [-0.2, 0) is 0 Å². The molecular weight excluding hydrogens is 408 g/mol. The van der Waals surface area contributed by atoms with Crippen molar-refractivity contribution in [3.63, 3.8) is 0 Å². The van der Waals surface area contributed by atoms with Crippen LogP contribution in [0.15, 0.2) is 71.5 Å². The molecular formula is C21H17BrN2O3. The number of rotatable bonds is 4. The normalized spacial score (nSPS) is 10.3. The van der Waals surface area contributed by atoms with Gasteiger partial charge < -0.3 is 9.64 Å². The smallest absolute Gasteiger partial charge is 0.345 e. The van der Waals surface area contributed by atoms with Crippen LogP contribution in [0.5, 0.6) is 5.75 Å². The van der Waals surface area contributed by atoms with Crippen LogP contribution in [0, 0.1) is 6.92 Å². The fourth-order valence-corrected chi connectivity index (χ4v) is 2.80. The summed E-state index contributed by atoms with van der Waals surface area (Å²) < 4.78 is 6.04. The van der Waals surface area contributed by atoms with E-state index in [-0.39, 0.29) is 5.91 Å². The molecule has 0 spiro atoms. The molecule has 0 N–H and O–H groups in total. The van der Waals surface area contributed by atoms with Crippen molar-refractivity contribution in [3.05, 3.63) is 88.2 Å². The summed E-state index contributed by atoms with van der Waals surface area (Å²) in [5.41, 5.74) is 2.76. The summed E-state index contributed by atoms with van der Waals surface area (Å²) in [7, 11) is 1.70. The van der Waals surface area contributed by atoms with E-state index in [0.717, 1.165) is 5.56 Å². The molecule has 0 radical (unpaired) electrons. The quantitative estimate of drug-likeness (QED) is 0.451. The van der Waals surface area contributed by atoms with Gasteiger partial charge in [0.2, 0.25) is 0 Å². The van der Waals surface area contributed by atoms with E-state index in [2.05, 4.69) is 20.9 Å². The Hall–Kier alpha value is -2.99. The molecule has 0 aliphatic heterocycles. The van der Waals surface area contributed by atoms with Gasteiger partial charge in [0.15, 0.2) is 0 Å². The van der Waals surface area contributed by atoms with Crippen LogP contribution < -0.4 is 9.64 Å². The minimum atomic E-state index is -0.499. The Balaban J connectivity index is 1.70. The van der Waals surface area contributed by atoms with E-state index in [0.29, 0.717) is 27.0 Å². The van der Waals surface area contributed by atoms with Gasteiger partial charge >= 0.3 is 5.97 Å². The molecule has 136 valence electrons. The fourth-order valence-electron chi connectivity index (χ4n) is 2.43. The molecule has 2 aromatic carbocycles. The lowest BCUT2D eigenvalue weighted by Crippen LogP contribution is -2.26. The number of esters is 1. The summed E-state index contributed by atoms with van der Waals surface area (Å²) in [4.78, 5) is 30.2. The van der Waals surface area contributed by atoms with Crippen molar-refractivity contribution in [2.24, 2.45) is 0 Å². The highest BCUT2D eigenvalue weighted by Gasteiger charge is 2.14. The van der Waals surface area contributed by atoms with Crippen LogP contribution in [0.4, 0.5) is 5.69 Å². The molecule has 0 bridgehead atoms. The Kier molecular flexibility index (Phi) is 5.66. The van der Waals surface area contributed by atoms with Crippen molar-refractivity contribution < 1.29 is 14.3 Å². The number of aryl methyl sites for hydroxylation is 1. The SMILES string of the molecule is Cc1ccc(C(=O)N(C)c2ccc(OC(=O)c3cncc(Br)c3)cc2)cc1. The second-order valence-corrected chi connectivity index (χ2v) is 6.92. The summed E-state index contributed by atoms with van der Waals surface area (Å²) >= 11 is 3.27. The van der Waals surface area contributed by atoms with Crippen molar-refractivity contribution >= 4 is 33.5 Å². The molecule has 0 fully saturated rings. The van der Waals surface area contributed by atoms with Gasteiger partial charge in [0.05, 0.1) is 5.56 Å². The number of carbonyl (C=O) groups excluding carboxylic acids is 2. The van der Waals surface area contributed by atoms with Crippen molar-refractivity contribution in [1.82, 2.24) is 4.98 Å². The average molecular weight is 425 g/mol. The first-order valence-electron chi connectivity index (χ1n) is 8.21. The number of aromatic nitrogens is 1. The first kappa shape index (κ1) is 18.8. The zero-order valence-electron chi connectivity index (χ0n) is 14.8. The van der Waals surface area contributed by atoms with Crippen molar-refractivity contribution in [2.75, 3.05) is 11.9 Å². The monoisotopic (exact) mass is 424 g/mol. The summed E-state index contributed by atoms with van der Waals surface area (Å²) in [5, 5.41) is 0. The molecule has 6 heteroatoms. The third-order valence-electron chi connectivity index (χ3n) is 3.98. The van der Waals surface area contributed by atoms with E-state index in [1.165, 1.54) is 6.20 Å². The molecule has 1 aromatic heterocycles. The minimum absolute atomic E-state index is 0.111. The molecule has 5 nitrogen and oxygen atoms in total. The molecule has 1 amide bonds. The molecule has 1 heterocycles. The molecule has 27 heavy (non-hydrogen) atoms.